The van der Waals surface area contributed by atoms with Crippen molar-refractivity contribution >= 4 is 17.0 Å². The highest BCUT2D eigenvalue weighted by Gasteiger charge is 2.22. The average molecular weight is 216 g/mol. The number of hydrogen-bond acceptors (Lipinski definition) is 2. The number of benzene rings is 1. The lowest BCUT2D eigenvalue weighted by molar-refractivity contribution is 0.0697. The Hall–Kier alpha value is -1.84. The summed E-state index contributed by atoms with van der Waals surface area (Å²) in [6.45, 7) is 0.958. The van der Waals surface area contributed by atoms with E-state index >= 15 is 0 Å². The van der Waals surface area contributed by atoms with E-state index in [4.69, 9.17) is 5.11 Å². The highest BCUT2D eigenvalue weighted by molar-refractivity contribution is 5.92. The van der Waals surface area contributed by atoms with Crippen molar-refractivity contribution in [3.8, 4) is 0 Å². The van der Waals surface area contributed by atoms with Crippen molar-refractivity contribution < 1.29 is 9.90 Å². The lowest BCUT2D eigenvalue weighted by atomic mass is 10.2. The molecule has 4 heteroatoms. The van der Waals surface area contributed by atoms with Crippen LogP contribution in [-0.2, 0) is 6.54 Å². The number of rotatable bonds is 3. The first-order chi connectivity index (χ1) is 7.74. The van der Waals surface area contributed by atoms with E-state index in [1.165, 1.54) is 12.8 Å². The predicted molar refractivity (Wildman–Crippen MR) is 59.4 cm³/mol. The Kier molecular flexibility index (Phi) is 1.96. The summed E-state index contributed by atoms with van der Waals surface area (Å²) in [4.78, 5) is 15.2. The van der Waals surface area contributed by atoms with Crippen molar-refractivity contribution in [2.24, 2.45) is 5.92 Å². The number of fused-ring (bicyclic) bond motifs is 1. The molecule has 1 N–H and O–H groups in total. The van der Waals surface area contributed by atoms with E-state index in [-0.39, 0.29) is 0 Å². The zero-order chi connectivity index (χ0) is 11.1. The fourth-order valence-corrected chi connectivity index (χ4v) is 1.91. The van der Waals surface area contributed by atoms with Crippen molar-refractivity contribution in [2.75, 3.05) is 0 Å². The maximum Gasteiger partial charge on any atom is 0.335 e. The molecule has 1 aromatic heterocycles. The number of imidazole rings is 1. The standard InChI is InChI=1S/C12H12N2O2/c15-12(16)9-3-4-10-11(5-9)14(7-13-10)6-8-1-2-8/h3-5,7-8H,1-2,6H2,(H,15,16). The van der Waals surface area contributed by atoms with Gasteiger partial charge in [0.05, 0.1) is 22.9 Å². The fraction of sp³-hybridized carbons (Fsp3) is 0.333. The van der Waals surface area contributed by atoms with Gasteiger partial charge in [0.2, 0.25) is 0 Å². The van der Waals surface area contributed by atoms with E-state index in [2.05, 4.69) is 9.55 Å². The molecule has 1 aromatic carbocycles. The minimum atomic E-state index is -0.888. The Morgan fingerprint density at radius 3 is 3.00 bits per heavy atom. The monoisotopic (exact) mass is 216 g/mol. The maximum absolute atomic E-state index is 10.9. The molecule has 0 amide bonds. The number of hydrogen-bond donors (Lipinski definition) is 1. The molecule has 16 heavy (non-hydrogen) atoms. The summed E-state index contributed by atoms with van der Waals surface area (Å²) in [6.07, 6.45) is 4.35. The summed E-state index contributed by atoms with van der Waals surface area (Å²) in [5, 5.41) is 8.94. The van der Waals surface area contributed by atoms with Crippen molar-refractivity contribution in [1.82, 2.24) is 9.55 Å². The first-order valence-electron chi connectivity index (χ1n) is 5.42. The number of carboxylic acids is 1. The largest absolute Gasteiger partial charge is 0.478 e. The number of carboxylic acid groups (broad SMARTS) is 1. The zero-order valence-electron chi connectivity index (χ0n) is 8.76. The molecule has 0 bridgehead atoms. The van der Waals surface area contributed by atoms with Crippen molar-refractivity contribution in [3.05, 3.63) is 30.1 Å². The zero-order valence-corrected chi connectivity index (χ0v) is 8.76. The highest BCUT2D eigenvalue weighted by atomic mass is 16.4. The van der Waals surface area contributed by atoms with E-state index in [9.17, 15) is 4.79 Å². The molecular weight excluding hydrogens is 204 g/mol. The van der Waals surface area contributed by atoms with Crippen LogP contribution in [0.1, 0.15) is 23.2 Å². The Morgan fingerprint density at radius 2 is 2.31 bits per heavy atom. The molecule has 0 saturated heterocycles. The lowest BCUT2D eigenvalue weighted by Crippen LogP contribution is -2.00. The van der Waals surface area contributed by atoms with Gasteiger partial charge in [-0.05, 0) is 37.0 Å². The van der Waals surface area contributed by atoms with Crippen LogP contribution in [0.15, 0.2) is 24.5 Å². The number of nitrogens with zero attached hydrogens (tertiary/aromatic N) is 2. The van der Waals surface area contributed by atoms with Crippen LogP contribution in [0, 0.1) is 5.92 Å². The summed E-state index contributed by atoms with van der Waals surface area (Å²) in [6, 6.07) is 5.06. The third kappa shape index (κ3) is 1.56. The van der Waals surface area contributed by atoms with Crippen LogP contribution in [0.3, 0.4) is 0 Å². The molecule has 4 nitrogen and oxygen atoms in total. The van der Waals surface area contributed by atoms with Crippen LogP contribution >= 0.6 is 0 Å². The predicted octanol–water partition coefficient (Wildman–Crippen LogP) is 2.14. The molecule has 1 fully saturated rings. The van der Waals surface area contributed by atoms with E-state index in [0.717, 1.165) is 23.5 Å². The van der Waals surface area contributed by atoms with Crippen LogP contribution in [0.2, 0.25) is 0 Å². The molecule has 0 aliphatic heterocycles. The van der Waals surface area contributed by atoms with Crippen LogP contribution < -0.4 is 0 Å². The van der Waals surface area contributed by atoms with Gasteiger partial charge in [-0.15, -0.1) is 0 Å². The van der Waals surface area contributed by atoms with Crippen LogP contribution in [-0.4, -0.2) is 20.6 Å². The van der Waals surface area contributed by atoms with Crippen molar-refractivity contribution in [1.29, 1.82) is 0 Å². The van der Waals surface area contributed by atoms with E-state index in [1.54, 1.807) is 24.5 Å². The van der Waals surface area contributed by atoms with Gasteiger partial charge in [-0.1, -0.05) is 0 Å². The molecule has 0 unspecified atom stereocenters. The van der Waals surface area contributed by atoms with Gasteiger partial charge in [-0.3, -0.25) is 0 Å². The van der Waals surface area contributed by atoms with Crippen molar-refractivity contribution in [3.63, 3.8) is 0 Å². The second-order valence-electron chi connectivity index (χ2n) is 4.35. The third-order valence-corrected chi connectivity index (χ3v) is 3.02. The van der Waals surface area contributed by atoms with E-state index in [1.807, 2.05) is 0 Å². The Balaban J connectivity index is 2.07. The molecular formula is C12H12N2O2. The minimum absolute atomic E-state index is 0.324. The molecule has 1 saturated carbocycles. The summed E-state index contributed by atoms with van der Waals surface area (Å²) in [5.74, 6) is -0.132. The van der Waals surface area contributed by atoms with Crippen molar-refractivity contribution in [2.45, 2.75) is 19.4 Å². The van der Waals surface area contributed by atoms with Crippen LogP contribution in [0.5, 0.6) is 0 Å². The second kappa shape index (κ2) is 3.33. The average Bonchev–Trinajstić information content (AvgIpc) is 2.99. The van der Waals surface area contributed by atoms with Crippen LogP contribution in [0.4, 0.5) is 0 Å². The van der Waals surface area contributed by atoms with Gasteiger partial charge in [-0.2, -0.15) is 0 Å². The fourth-order valence-electron chi connectivity index (χ4n) is 1.91. The quantitative estimate of drug-likeness (QED) is 0.855. The van der Waals surface area contributed by atoms with Gasteiger partial charge in [0, 0.05) is 6.54 Å². The smallest absolute Gasteiger partial charge is 0.335 e. The highest BCUT2D eigenvalue weighted by Crippen LogP contribution is 2.31. The normalized spacial score (nSPS) is 15.5. The van der Waals surface area contributed by atoms with Crippen LogP contribution in [0.25, 0.3) is 11.0 Å². The maximum atomic E-state index is 10.9. The molecule has 82 valence electrons. The number of aromatic carboxylic acids is 1. The molecule has 1 heterocycles. The topological polar surface area (TPSA) is 55.1 Å². The molecule has 3 rings (SSSR count). The van der Waals surface area contributed by atoms with Gasteiger partial charge in [-0.25, -0.2) is 9.78 Å². The summed E-state index contributed by atoms with van der Waals surface area (Å²) in [7, 11) is 0. The third-order valence-electron chi connectivity index (χ3n) is 3.02. The van der Waals surface area contributed by atoms with E-state index < -0.39 is 5.97 Å². The molecule has 0 atom stereocenters. The molecule has 0 radical (unpaired) electrons. The minimum Gasteiger partial charge on any atom is -0.478 e. The van der Waals surface area contributed by atoms with Gasteiger partial charge < -0.3 is 9.67 Å². The van der Waals surface area contributed by atoms with Gasteiger partial charge in [0.1, 0.15) is 0 Å². The summed E-state index contributed by atoms with van der Waals surface area (Å²) in [5.41, 5.74) is 2.11. The Labute approximate surface area is 92.5 Å². The van der Waals surface area contributed by atoms with Gasteiger partial charge in [0.15, 0.2) is 0 Å². The summed E-state index contributed by atoms with van der Waals surface area (Å²) < 4.78 is 2.06. The SMILES string of the molecule is O=C(O)c1ccc2ncn(CC3CC3)c2c1. The summed E-state index contributed by atoms with van der Waals surface area (Å²) >= 11 is 0. The molecule has 1 aliphatic rings. The first kappa shape index (κ1) is 9.39. The first-order valence-corrected chi connectivity index (χ1v) is 5.42. The number of carbonyl (C=O) groups is 1. The number of aromatic nitrogens is 2. The van der Waals surface area contributed by atoms with Gasteiger partial charge >= 0.3 is 5.97 Å². The Morgan fingerprint density at radius 1 is 1.50 bits per heavy atom. The molecule has 2 aromatic rings. The molecule has 1 aliphatic carbocycles. The lowest BCUT2D eigenvalue weighted by Gasteiger charge is -2.02. The van der Waals surface area contributed by atoms with E-state index in [0.29, 0.717) is 5.56 Å². The second-order valence-corrected chi connectivity index (χ2v) is 4.35. The molecule has 0 spiro atoms. The van der Waals surface area contributed by atoms with Gasteiger partial charge in [0.25, 0.3) is 0 Å². The Bertz CT molecular complexity index is 555.